The average molecular weight is 1040 g/mol. The van der Waals surface area contributed by atoms with Crippen LogP contribution in [0.4, 0.5) is 10.3 Å². The topological polar surface area (TPSA) is 250 Å². The molecule has 2 saturated heterocycles. The fraction of sp³-hybridized carbons (Fsp3) is 0.725. The molecule has 2 aliphatic heterocycles. The zero-order valence-corrected chi connectivity index (χ0v) is 45.3. The number of anilines is 1. The Morgan fingerprint density at radius 2 is 1.75 bits per heavy atom. The highest BCUT2D eigenvalue weighted by Crippen LogP contribution is 2.38. The van der Waals surface area contributed by atoms with Crippen molar-refractivity contribution in [3.63, 3.8) is 0 Å². The van der Waals surface area contributed by atoms with E-state index in [2.05, 4.69) is 30.1 Å². The molecule has 19 nitrogen and oxygen atoms in total. The van der Waals surface area contributed by atoms with Crippen LogP contribution in [-0.4, -0.2) is 170 Å². The molecule has 2 aromatic rings. The second kappa shape index (κ2) is 29.3. The Labute approximate surface area is 430 Å². The van der Waals surface area contributed by atoms with Crippen molar-refractivity contribution in [3.8, 4) is 11.1 Å². The number of oxime groups is 1. The van der Waals surface area contributed by atoms with Crippen molar-refractivity contribution in [2.24, 2.45) is 44.8 Å². The number of aliphatic hydroxyl groups is 2. The van der Waals surface area contributed by atoms with Crippen molar-refractivity contribution < 1.29 is 57.4 Å². The number of benzene rings is 1. The first-order chi connectivity index (χ1) is 34.3. The van der Waals surface area contributed by atoms with E-state index in [0.717, 1.165) is 23.1 Å². The maximum Gasteiger partial charge on any atom is 0.311 e. The Balaban J connectivity index is 1.53. The van der Waals surface area contributed by atoms with Gasteiger partial charge in [-0.05, 0) is 76.8 Å². The van der Waals surface area contributed by atoms with E-state index in [1.807, 2.05) is 58.3 Å². The summed E-state index contributed by atoms with van der Waals surface area (Å²) in [6, 6.07) is 6.70. The standard InChI is InChI=1S/C51H83FN8O11S/c1-13-42-50(7,63)47(61)34(5)44(59-69-29-64-9)31(2)22-51(66-11,23-32(3)45(68-30-72-12)35(6)48(62)71-42)28-67-43-21-40(20-33(4)70-43)60(8)19-18-39(58-54)27-55-41(24-52)46(65-10)37-16-14-36(15-17-37)38-25-56-49(53)57-26-38/h14-17,25-27,31-35,40-43,45-47,61,63H,13,18-24,28-30,54H2,1-12H3,(H2,53,56,57)/b55-27?,58-39?,59-44-/t31-,32-,33-,34+,35-,40+,41-,42-,43-,45+,46-,47-,50-,51-/m1/s1. The molecule has 6 N–H and O–H groups in total. The zero-order valence-electron chi connectivity index (χ0n) is 44.4. The number of nitrogens with two attached hydrogens (primary N) is 2. The molecule has 406 valence electrons. The number of ether oxygens (including phenoxy) is 7. The van der Waals surface area contributed by atoms with Crippen LogP contribution in [0.25, 0.3) is 11.1 Å². The Morgan fingerprint density at radius 3 is 2.35 bits per heavy atom. The number of thioether (sulfide) groups is 1. The van der Waals surface area contributed by atoms with E-state index in [1.54, 1.807) is 40.3 Å². The molecule has 0 bridgehead atoms. The third-order valence-electron chi connectivity index (χ3n) is 14.2. The molecule has 4 rings (SSSR count). The Morgan fingerprint density at radius 1 is 1.06 bits per heavy atom. The number of halogens is 1. The number of carbonyl (C=O) groups excluding carboxylic acids is 1. The zero-order chi connectivity index (χ0) is 53.2. The first kappa shape index (κ1) is 60.7. The Hall–Kier alpha value is -3.90. The van der Waals surface area contributed by atoms with Gasteiger partial charge in [-0.15, -0.1) is 11.8 Å². The maximum absolute atomic E-state index is 14.6. The van der Waals surface area contributed by atoms with Gasteiger partial charge in [0.15, 0.2) is 6.29 Å². The second-order valence-electron chi connectivity index (χ2n) is 19.6. The quantitative estimate of drug-likeness (QED) is 0.0256. The van der Waals surface area contributed by atoms with Crippen LogP contribution in [0.3, 0.4) is 0 Å². The summed E-state index contributed by atoms with van der Waals surface area (Å²) in [4.78, 5) is 34.4. The summed E-state index contributed by atoms with van der Waals surface area (Å²) < 4.78 is 57.6. The second-order valence-corrected chi connectivity index (χ2v) is 20.4. The van der Waals surface area contributed by atoms with Gasteiger partial charge >= 0.3 is 5.97 Å². The average Bonchev–Trinajstić information content (AvgIpc) is 3.37. The van der Waals surface area contributed by atoms with Crippen molar-refractivity contribution in [1.29, 1.82) is 0 Å². The normalized spacial score (nSPS) is 31.9. The van der Waals surface area contributed by atoms with Crippen molar-refractivity contribution >= 4 is 41.3 Å². The molecular weight excluding hydrogens is 952 g/mol. The van der Waals surface area contributed by atoms with E-state index in [4.69, 9.17) is 49.6 Å². The van der Waals surface area contributed by atoms with Gasteiger partial charge in [0.1, 0.15) is 30.5 Å². The van der Waals surface area contributed by atoms with E-state index in [0.29, 0.717) is 49.6 Å². The third kappa shape index (κ3) is 16.6. The maximum atomic E-state index is 14.6. The number of hydrogen-bond donors (Lipinski definition) is 4. The van der Waals surface area contributed by atoms with Crippen LogP contribution in [0.15, 0.2) is 51.9 Å². The molecule has 1 aromatic heterocycles. The van der Waals surface area contributed by atoms with Gasteiger partial charge < -0.3 is 64.7 Å². The van der Waals surface area contributed by atoms with E-state index in [-0.39, 0.29) is 49.8 Å². The van der Waals surface area contributed by atoms with Crippen LogP contribution in [0.2, 0.25) is 0 Å². The molecule has 0 unspecified atom stereocenters. The van der Waals surface area contributed by atoms with Gasteiger partial charge in [-0.25, -0.2) is 14.4 Å². The third-order valence-corrected chi connectivity index (χ3v) is 14.6. The summed E-state index contributed by atoms with van der Waals surface area (Å²) in [7, 11) is 6.67. The van der Waals surface area contributed by atoms with Crippen LogP contribution in [0, 0.1) is 23.7 Å². The van der Waals surface area contributed by atoms with Gasteiger partial charge in [-0.3, -0.25) is 9.79 Å². The lowest BCUT2D eigenvalue weighted by atomic mass is 9.74. The number of hydrazone groups is 1. The number of hydrogen-bond acceptors (Lipinski definition) is 20. The highest BCUT2D eigenvalue weighted by molar-refractivity contribution is 7.98. The number of cyclic esters (lactones) is 1. The number of aliphatic hydroxyl groups excluding tert-OH is 1. The number of esters is 1. The van der Waals surface area contributed by atoms with Crippen LogP contribution in [0.1, 0.15) is 98.7 Å². The van der Waals surface area contributed by atoms with Crippen molar-refractivity contribution in [2.45, 2.75) is 147 Å². The first-order valence-electron chi connectivity index (χ1n) is 24.8. The molecule has 0 amide bonds. The monoisotopic (exact) mass is 1030 g/mol. The van der Waals surface area contributed by atoms with E-state index < -0.39 is 72.4 Å². The lowest BCUT2D eigenvalue weighted by Gasteiger charge is -2.44. The molecule has 3 heterocycles. The highest BCUT2D eigenvalue weighted by atomic mass is 32.2. The molecule has 21 heteroatoms. The van der Waals surface area contributed by atoms with E-state index in [9.17, 15) is 19.4 Å². The molecule has 72 heavy (non-hydrogen) atoms. The number of aromatic nitrogens is 2. The summed E-state index contributed by atoms with van der Waals surface area (Å²) in [5, 5.41) is 32.3. The lowest BCUT2D eigenvalue weighted by Crippen LogP contribution is -2.56. The molecule has 2 aliphatic rings. The number of carbonyl (C=O) groups is 1. The molecule has 1 aromatic carbocycles. The number of alkyl halides is 1. The predicted octanol–water partition coefficient (Wildman–Crippen LogP) is 6.21. The fourth-order valence-corrected chi connectivity index (χ4v) is 10.3. The molecule has 0 saturated carbocycles. The lowest BCUT2D eigenvalue weighted by molar-refractivity contribution is -0.230. The molecule has 0 radical (unpaired) electrons. The highest BCUT2D eigenvalue weighted by Gasteiger charge is 2.48. The minimum atomic E-state index is -1.86. The summed E-state index contributed by atoms with van der Waals surface area (Å²) >= 11 is 1.49. The van der Waals surface area contributed by atoms with Crippen LogP contribution < -0.4 is 11.6 Å². The van der Waals surface area contributed by atoms with Crippen LogP contribution >= 0.6 is 11.8 Å². The number of nitrogen functional groups attached to an aromatic ring is 1. The molecule has 2 fully saturated rings. The summed E-state index contributed by atoms with van der Waals surface area (Å²) in [5.41, 5.74) is 6.15. The van der Waals surface area contributed by atoms with Gasteiger partial charge in [-0.2, -0.15) is 5.10 Å². The number of aliphatic imine (C=N–C) groups is 1. The Kier molecular flexibility index (Phi) is 24.6. The summed E-state index contributed by atoms with van der Waals surface area (Å²) in [6.07, 6.45) is 4.97. The molecule has 14 atom stereocenters. The minimum Gasteiger partial charge on any atom is -0.459 e. The van der Waals surface area contributed by atoms with Crippen LogP contribution in [0.5, 0.6) is 0 Å². The van der Waals surface area contributed by atoms with Gasteiger partial charge in [0.2, 0.25) is 12.7 Å². The summed E-state index contributed by atoms with van der Waals surface area (Å²) in [5.74, 6) is 3.70. The van der Waals surface area contributed by atoms with Crippen molar-refractivity contribution in [3.05, 3.63) is 42.2 Å². The summed E-state index contributed by atoms with van der Waals surface area (Å²) in [6.45, 7) is 12.6. The van der Waals surface area contributed by atoms with Gasteiger partial charge in [0.05, 0.1) is 53.8 Å². The minimum absolute atomic E-state index is 0.0456. The van der Waals surface area contributed by atoms with Crippen molar-refractivity contribution in [2.75, 3.05) is 72.9 Å². The largest absolute Gasteiger partial charge is 0.459 e. The molecule has 0 spiro atoms. The van der Waals surface area contributed by atoms with Gasteiger partial charge in [0.25, 0.3) is 0 Å². The Bertz CT molecular complexity index is 2020. The fourth-order valence-electron chi connectivity index (χ4n) is 10.0. The number of nitrogens with zero attached hydrogens (tertiary/aromatic N) is 6. The number of rotatable bonds is 22. The molecular formula is C51H83FN8O11S. The van der Waals surface area contributed by atoms with Crippen LogP contribution in [-0.2, 0) is 42.8 Å². The van der Waals surface area contributed by atoms with Gasteiger partial charge in [-0.1, -0.05) is 57.1 Å². The number of methoxy groups -OCH3 is 3. The van der Waals surface area contributed by atoms with E-state index in [1.165, 1.54) is 39.1 Å². The van der Waals surface area contributed by atoms with E-state index >= 15 is 0 Å². The molecule has 0 aliphatic carbocycles. The van der Waals surface area contributed by atoms with Crippen molar-refractivity contribution in [1.82, 2.24) is 14.9 Å². The first-order valence-corrected chi connectivity index (χ1v) is 26.2. The van der Waals surface area contributed by atoms with Gasteiger partial charge in [0, 0.05) is 82.8 Å². The predicted molar refractivity (Wildman–Crippen MR) is 278 cm³/mol. The SMILES string of the molecule is CC[C@H]1OC(=O)[C@H](C)[C@@H](OCSC)[C@H](C)C[C@](CO[C@H]2C[C@@H](N(C)CCC(C=N[C@H](CF)[C@H](OC)c3ccc(-c4cnc(N)nc4)cc3)=NN)C[C@@H](C)O2)(OC)C[C@@H](C)/C(=N/OCOC)[C@H](C)[C@@H](O)[C@]1(C)O. The smallest absolute Gasteiger partial charge is 0.311 e.